The molecule has 0 spiro atoms. The fourth-order valence-electron chi connectivity index (χ4n) is 3.78. The highest BCUT2D eigenvalue weighted by molar-refractivity contribution is 5.79. The summed E-state index contributed by atoms with van der Waals surface area (Å²) in [7, 11) is 1.71. The number of guanidine groups is 1. The first-order valence-corrected chi connectivity index (χ1v) is 10.5. The van der Waals surface area contributed by atoms with Crippen LogP contribution >= 0.6 is 0 Å². The highest BCUT2D eigenvalue weighted by Crippen LogP contribution is 2.24. The van der Waals surface area contributed by atoms with Gasteiger partial charge in [0.05, 0.1) is 18.8 Å². The van der Waals surface area contributed by atoms with E-state index in [1.807, 2.05) is 6.07 Å². The third kappa shape index (κ3) is 8.24. The third-order valence-corrected chi connectivity index (χ3v) is 5.59. The standard InChI is InChI=1S/C20H34F3N5O/c1-4-16(5-2)18-12-17(29-27-18)13-26-19(24-3)25-9-6-15-7-10-28(11-8-15)14-20(21,22)23/h12,15-16H,4-11,13-14H2,1-3H3,(H2,24,25,26). The van der Waals surface area contributed by atoms with Crippen LogP contribution in [0.5, 0.6) is 0 Å². The van der Waals surface area contributed by atoms with E-state index in [0.29, 0.717) is 37.4 Å². The Morgan fingerprint density at radius 2 is 1.97 bits per heavy atom. The highest BCUT2D eigenvalue weighted by atomic mass is 19.4. The first-order valence-electron chi connectivity index (χ1n) is 10.5. The van der Waals surface area contributed by atoms with Gasteiger partial charge >= 0.3 is 6.18 Å². The number of hydrogen-bond donors (Lipinski definition) is 2. The van der Waals surface area contributed by atoms with E-state index in [1.165, 1.54) is 4.90 Å². The Morgan fingerprint density at radius 3 is 2.55 bits per heavy atom. The molecule has 0 atom stereocenters. The van der Waals surface area contributed by atoms with E-state index in [2.05, 4.69) is 34.6 Å². The minimum atomic E-state index is -4.11. The number of likely N-dealkylation sites (tertiary alicyclic amines) is 1. The lowest BCUT2D eigenvalue weighted by molar-refractivity contribution is -0.148. The van der Waals surface area contributed by atoms with Gasteiger partial charge in [-0.3, -0.25) is 9.89 Å². The van der Waals surface area contributed by atoms with Gasteiger partial charge in [-0.2, -0.15) is 13.2 Å². The van der Waals surface area contributed by atoms with E-state index in [9.17, 15) is 13.2 Å². The lowest BCUT2D eigenvalue weighted by Crippen LogP contribution is -2.41. The van der Waals surface area contributed by atoms with Gasteiger partial charge in [0.1, 0.15) is 0 Å². The molecule has 0 aliphatic carbocycles. The van der Waals surface area contributed by atoms with Crippen molar-refractivity contribution in [2.45, 2.75) is 64.6 Å². The van der Waals surface area contributed by atoms with Crippen molar-refractivity contribution in [3.8, 4) is 0 Å². The van der Waals surface area contributed by atoms with Gasteiger partial charge in [-0.05, 0) is 51.1 Å². The number of rotatable bonds is 9. The Morgan fingerprint density at radius 1 is 1.28 bits per heavy atom. The summed E-state index contributed by atoms with van der Waals surface area (Å²) in [6, 6.07) is 1.99. The maximum Gasteiger partial charge on any atom is 0.401 e. The van der Waals surface area contributed by atoms with Crippen molar-refractivity contribution in [1.82, 2.24) is 20.7 Å². The molecule has 1 fully saturated rings. The first-order chi connectivity index (χ1) is 13.8. The van der Waals surface area contributed by atoms with E-state index < -0.39 is 12.7 Å². The summed E-state index contributed by atoms with van der Waals surface area (Å²) in [5, 5.41) is 10.7. The van der Waals surface area contributed by atoms with Crippen molar-refractivity contribution >= 4 is 5.96 Å². The van der Waals surface area contributed by atoms with Crippen LogP contribution in [0.1, 0.15) is 63.3 Å². The largest absolute Gasteiger partial charge is 0.401 e. The molecule has 0 radical (unpaired) electrons. The van der Waals surface area contributed by atoms with Gasteiger partial charge in [-0.1, -0.05) is 19.0 Å². The smallest absolute Gasteiger partial charge is 0.359 e. The predicted molar refractivity (Wildman–Crippen MR) is 108 cm³/mol. The molecule has 2 N–H and O–H groups in total. The Hall–Kier alpha value is -1.77. The summed E-state index contributed by atoms with van der Waals surface area (Å²) in [4.78, 5) is 5.71. The van der Waals surface area contributed by atoms with Gasteiger partial charge in [-0.25, -0.2) is 0 Å². The summed E-state index contributed by atoms with van der Waals surface area (Å²) in [5.41, 5.74) is 0.992. The molecule has 1 saturated heterocycles. The number of piperidine rings is 1. The van der Waals surface area contributed by atoms with Crippen molar-refractivity contribution in [3.63, 3.8) is 0 Å². The van der Waals surface area contributed by atoms with Crippen molar-refractivity contribution in [2.75, 3.05) is 33.2 Å². The molecule has 6 nitrogen and oxygen atoms in total. The fraction of sp³-hybridized carbons (Fsp3) is 0.800. The number of nitrogens with zero attached hydrogens (tertiary/aromatic N) is 3. The summed E-state index contributed by atoms with van der Waals surface area (Å²) >= 11 is 0. The molecule has 0 amide bonds. The van der Waals surface area contributed by atoms with Crippen molar-refractivity contribution < 1.29 is 17.7 Å². The number of aliphatic imine (C=N–C) groups is 1. The lowest BCUT2D eigenvalue weighted by Gasteiger charge is -2.32. The van der Waals surface area contributed by atoms with Crippen molar-refractivity contribution in [3.05, 3.63) is 17.5 Å². The molecule has 166 valence electrons. The molecule has 0 bridgehead atoms. The molecule has 2 rings (SSSR count). The summed E-state index contributed by atoms with van der Waals surface area (Å²) in [5.74, 6) is 2.32. The van der Waals surface area contributed by atoms with Gasteiger partial charge < -0.3 is 15.2 Å². The molecule has 1 aliphatic rings. The summed E-state index contributed by atoms with van der Waals surface area (Å²) in [6.45, 7) is 5.76. The zero-order chi connectivity index (χ0) is 21.3. The van der Waals surface area contributed by atoms with E-state index in [1.54, 1.807) is 7.05 Å². The van der Waals surface area contributed by atoms with Gasteiger partial charge in [0.15, 0.2) is 11.7 Å². The normalized spacial score (nSPS) is 17.1. The molecule has 0 aromatic carbocycles. The quantitative estimate of drug-likeness (QED) is 0.471. The molecule has 1 aliphatic heterocycles. The van der Waals surface area contributed by atoms with Crippen LogP contribution < -0.4 is 10.6 Å². The Balaban J connectivity index is 1.66. The van der Waals surface area contributed by atoms with Gasteiger partial charge in [0, 0.05) is 25.6 Å². The molecule has 0 unspecified atom stereocenters. The van der Waals surface area contributed by atoms with Crippen LogP contribution in [0, 0.1) is 5.92 Å². The monoisotopic (exact) mass is 417 g/mol. The number of alkyl halides is 3. The topological polar surface area (TPSA) is 65.7 Å². The molecule has 0 saturated carbocycles. The maximum absolute atomic E-state index is 12.5. The lowest BCUT2D eigenvalue weighted by atomic mass is 9.93. The average Bonchev–Trinajstić information content (AvgIpc) is 3.14. The summed E-state index contributed by atoms with van der Waals surface area (Å²) in [6.07, 6.45) is 0.496. The van der Waals surface area contributed by atoms with Crippen LogP contribution in [0.2, 0.25) is 0 Å². The molecule has 9 heteroatoms. The number of nitrogens with one attached hydrogen (secondary N) is 2. The van der Waals surface area contributed by atoms with Crippen LogP contribution in [0.4, 0.5) is 13.2 Å². The minimum Gasteiger partial charge on any atom is -0.359 e. The molecule has 1 aromatic rings. The average molecular weight is 418 g/mol. The molecule has 29 heavy (non-hydrogen) atoms. The van der Waals surface area contributed by atoms with Crippen molar-refractivity contribution in [2.24, 2.45) is 10.9 Å². The van der Waals surface area contributed by atoms with Crippen LogP contribution in [0.15, 0.2) is 15.6 Å². The van der Waals surface area contributed by atoms with Crippen LogP contribution in [0.3, 0.4) is 0 Å². The molecular weight excluding hydrogens is 383 g/mol. The van der Waals surface area contributed by atoms with E-state index in [0.717, 1.165) is 50.1 Å². The van der Waals surface area contributed by atoms with Gasteiger partial charge in [-0.15, -0.1) is 0 Å². The Kier molecular flexibility index (Phi) is 9.26. The number of aromatic nitrogens is 1. The highest BCUT2D eigenvalue weighted by Gasteiger charge is 2.32. The second-order valence-electron chi connectivity index (χ2n) is 7.71. The fourth-order valence-corrected chi connectivity index (χ4v) is 3.78. The minimum absolute atomic E-state index is 0.424. The Bertz CT molecular complexity index is 620. The van der Waals surface area contributed by atoms with Gasteiger partial charge in [0.2, 0.25) is 0 Å². The second kappa shape index (κ2) is 11.4. The molecule has 1 aromatic heterocycles. The van der Waals surface area contributed by atoms with Gasteiger partial charge in [0.25, 0.3) is 0 Å². The van der Waals surface area contributed by atoms with Crippen molar-refractivity contribution in [1.29, 1.82) is 0 Å². The SMILES string of the molecule is CCC(CC)c1cc(CNC(=NC)NCCC2CCN(CC(F)(F)F)CC2)on1. The van der Waals surface area contributed by atoms with Crippen LogP contribution in [0.25, 0.3) is 0 Å². The molecule has 2 heterocycles. The van der Waals surface area contributed by atoms with E-state index in [4.69, 9.17) is 4.52 Å². The predicted octanol–water partition coefficient (Wildman–Crippen LogP) is 3.91. The third-order valence-electron chi connectivity index (χ3n) is 5.59. The number of halogens is 3. The van der Waals surface area contributed by atoms with E-state index >= 15 is 0 Å². The summed E-state index contributed by atoms with van der Waals surface area (Å²) < 4.78 is 42.8. The van der Waals surface area contributed by atoms with E-state index in [-0.39, 0.29) is 0 Å². The first kappa shape index (κ1) is 23.5. The van der Waals surface area contributed by atoms with Crippen LogP contribution in [-0.2, 0) is 6.54 Å². The Labute approximate surface area is 171 Å². The second-order valence-corrected chi connectivity index (χ2v) is 7.71. The zero-order valence-electron chi connectivity index (χ0n) is 17.7. The maximum atomic E-state index is 12.5. The van der Waals surface area contributed by atoms with Crippen LogP contribution in [-0.4, -0.2) is 55.4 Å². The zero-order valence-corrected chi connectivity index (χ0v) is 17.7. The number of hydrogen-bond acceptors (Lipinski definition) is 4. The molecular formula is C20H34F3N5O.